The molecule has 0 amide bonds. The maximum absolute atomic E-state index is 10.7. The van der Waals surface area contributed by atoms with E-state index in [2.05, 4.69) is 13.8 Å². The molecule has 0 aromatic heterocycles. The number of aliphatic carboxylic acids is 1. The molecule has 0 radical (unpaired) electrons. The Kier molecular flexibility index (Phi) is 6.59. The first-order valence-corrected chi connectivity index (χ1v) is 5.08. The summed E-state index contributed by atoms with van der Waals surface area (Å²) in [5, 5.41) is 8.81. The van der Waals surface area contributed by atoms with Gasteiger partial charge in [-0.2, -0.15) is 0 Å². The van der Waals surface area contributed by atoms with E-state index in [1.165, 1.54) is 0 Å². The molecule has 0 rings (SSSR count). The molecule has 3 N–H and O–H groups in total. The van der Waals surface area contributed by atoms with Crippen molar-refractivity contribution in [2.45, 2.75) is 39.5 Å². The summed E-state index contributed by atoms with van der Waals surface area (Å²) in [5.74, 6) is -0.580. The van der Waals surface area contributed by atoms with Crippen LogP contribution in [0.3, 0.4) is 0 Å². The standard InChI is InChI=1S/C10H21NO2/c1-3-5-8(4-2)6-9(7-11)10(12)13/h8-9H,3-7,11H2,1-2H3,(H,12,13)/t8-,9+/m0/s1. The minimum Gasteiger partial charge on any atom is -0.481 e. The van der Waals surface area contributed by atoms with E-state index in [1.807, 2.05) is 0 Å². The van der Waals surface area contributed by atoms with Crippen LogP contribution in [-0.4, -0.2) is 17.6 Å². The van der Waals surface area contributed by atoms with Crippen molar-refractivity contribution in [3.05, 3.63) is 0 Å². The summed E-state index contributed by atoms with van der Waals surface area (Å²) in [7, 11) is 0. The van der Waals surface area contributed by atoms with Gasteiger partial charge in [-0.3, -0.25) is 4.79 Å². The quantitative estimate of drug-likeness (QED) is 0.639. The minimum absolute atomic E-state index is 0.259. The summed E-state index contributed by atoms with van der Waals surface area (Å²) in [5.41, 5.74) is 5.39. The predicted molar refractivity (Wildman–Crippen MR) is 53.5 cm³/mol. The van der Waals surface area contributed by atoms with Crippen molar-refractivity contribution in [2.24, 2.45) is 17.6 Å². The Morgan fingerprint density at radius 2 is 2.08 bits per heavy atom. The van der Waals surface area contributed by atoms with Crippen molar-refractivity contribution in [2.75, 3.05) is 6.54 Å². The van der Waals surface area contributed by atoms with Gasteiger partial charge in [-0.1, -0.05) is 33.1 Å². The number of carbonyl (C=O) groups is 1. The maximum atomic E-state index is 10.7. The highest BCUT2D eigenvalue weighted by Gasteiger charge is 2.19. The second-order valence-corrected chi connectivity index (χ2v) is 3.57. The first-order valence-electron chi connectivity index (χ1n) is 5.08. The Morgan fingerprint density at radius 1 is 1.46 bits per heavy atom. The number of hydrogen-bond donors (Lipinski definition) is 2. The minimum atomic E-state index is -0.753. The van der Waals surface area contributed by atoms with Gasteiger partial charge in [0.15, 0.2) is 0 Å². The number of nitrogens with two attached hydrogens (primary N) is 1. The summed E-state index contributed by atoms with van der Waals surface area (Å²) in [4.78, 5) is 10.7. The molecule has 0 saturated heterocycles. The topological polar surface area (TPSA) is 63.3 Å². The van der Waals surface area contributed by atoms with Crippen LogP contribution in [0.5, 0.6) is 0 Å². The van der Waals surface area contributed by atoms with Crippen molar-refractivity contribution in [1.29, 1.82) is 0 Å². The lowest BCUT2D eigenvalue weighted by Crippen LogP contribution is -2.25. The average molecular weight is 187 g/mol. The first-order chi connectivity index (χ1) is 6.15. The van der Waals surface area contributed by atoms with E-state index < -0.39 is 5.97 Å². The maximum Gasteiger partial charge on any atom is 0.307 e. The zero-order valence-corrected chi connectivity index (χ0v) is 8.62. The first kappa shape index (κ1) is 12.4. The van der Waals surface area contributed by atoms with Gasteiger partial charge in [-0.25, -0.2) is 0 Å². The van der Waals surface area contributed by atoms with Crippen LogP contribution in [0.1, 0.15) is 39.5 Å². The summed E-state index contributed by atoms with van der Waals surface area (Å²) < 4.78 is 0. The fourth-order valence-electron chi connectivity index (χ4n) is 1.60. The summed E-state index contributed by atoms with van der Waals surface area (Å²) in [6.07, 6.45) is 4.02. The molecule has 3 heteroatoms. The van der Waals surface area contributed by atoms with Crippen molar-refractivity contribution in [3.8, 4) is 0 Å². The molecule has 0 heterocycles. The van der Waals surface area contributed by atoms with E-state index in [0.29, 0.717) is 5.92 Å². The van der Waals surface area contributed by atoms with Gasteiger partial charge < -0.3 is 10.8 Å². The van der Waals surface area contributed by atoms with Gasteiger partial charge in [-0.05, 0) is 12.3 Å². The van der Waals surface area contributed by atoms with E-state index in [9.17, 15) is 4.79 Å². The van der Waals surface area contributed by atoms with E-state index in [-0.39, 0.29) is 12.5 Å². The lowest BCUT2D eigenvalue weighted by molar-refractivity contribution is -0.142. The van der Waals surface area contributed by atoms with Gasteiger partial charge in [0.05, 0.1) is 5.92 Å². The predicted octanol–water partition coefficient (Wildman–Crippen LogP) is 1.86. The fraction of sp³-hybridized carbons (Fsp3) is 0.900. The van der Waals surface area contributed by atoms with Crippen molar-refractivity contribution >= 4 is 5.97 Å². The Balaban J connectivity index is 3.95. The molecule has 0 aliphatic rings. The SMILES string of the molecule is CCC[C@H](CC)C[C@H](CN)C(=O)O. The summed E-state index contributed by atoms with van der Waals surface area (Å²) >= 11 is 0. The smallest absolute Gasteiger partial charge is 0.307 e. The molecule has 13 heavy (non-hydrogen) atoms. The van der Waals surface area contributed by atoms with Crippen LogP contribution in [0.15, 0.2) is 0 Å². The molecule has 0 bridgehead atoms. The van der Waals surface area contributed by atoms with E-state index in [1.54, 1.807) is 0 Å². The second-order valence-electron chi connectivity index (χ2n) is 3.57. The van der Waals surface area contributed by atoms with Crippen LogP contribution in [0.4, 0.5) is 0 Å². The highest BCUT2D eigenvalue weighted by atomic mass is 16.4. The molecular weight excluding hydrogens is 166 g/mol. The molecule has 0 spiro atoms. The van der Waals surface area contributed by atoms with Gasteiger partial charge in [-0.15, -0.1) is 0 Å². The van der Waals surface area contributed by atoms with Crippen molar-refractivity contribution in [3.63, 3.8) is 0 Å². The lowest BCUT2D eigenvalue weighted by Gasteiger charge is -2.17. The van der Waals surface area contributed by atoms with Crippen molar-refractivity contribution in [1.82, 2.24) is 0 Å². The largest absolute Gasteiger partial charge is 0.481 e. The van der Waals surface area contributed by atoms with Crippen LogP contribution in [0.2, 0.25) is 0 Å². The Labute approximate surface area is 80.3 Å². The third-order valence-electron chi connectivity index (χ3n) is 2.53. The molecular formula is C10H21NO2. The van der Waals surface area contributed by atoms with Crippen molar-refractivity contribution < 1.29 is 9.90 Å². The molecule has 0 aliphatic heterocycles. The molecule has 0 aliphatic carbocycles. The fourth-order valence-corrected chi connectivity index (χ4v) is 1.60. The normalized spacial score (nSPS) is 15.3. The molecule has 0 unspecified atom stereocenters. The van der Waals surface area contributed by atoms with Gasteiger partial charge in [0.2, 0.25) is 0 Å². The molecule has 0 saturated carbocycles. The van der Waals surface area contributed by atoms with Crippen LogP contribution >= 0.6 is 0 Å². The highest BCUT2D eigenvalue weighted by molar-refractivity contribution is 5.70. The van der Waals surface area contributed by atoms with Gasteiger partial charge >= 0.3 is 5.97 Å². The molecule has 3 nitrogen and oxygen atoms in total. The van der Waals surface area contributed by atoms with Gasteiger partial charge in [0.25, 0.3) is 0 Å². The van der Waals surface area contributed by atoms with Gasteiger partial charge in [0.1, 0.15) is 0 Å². The Hall–Kier alpha value is -0.570. The van der Waals surface area contributed by atoms with E-state index in [0.717, 1.165) is 25.7 Å². The third-order valence-corrected chi connectivity index (χ3v) is 2.53. The molecule has 2 atom stereocenters. The van der Waals surface area contributed by atoms with Gasteiger partial charge in [0, 0.05) is 6.54 Å². The lowest BCUT2D eigenvalue weighted by atomic mass is 9.89. The zero-order valence-electron chi connectivity index (χ0n) is 8.62. The van der Waals surface area contributed by atoms with Crippen LogP contribution in [-0.2, 0) is 4.79 Å². The van der Waals surface area contributed by atoms with Crippen LogP contribution in [0, 0.1) is 11.8 Å². The number of carboxylic acid groups (broad SMARTS) is 1. The van der Waals surface area contributed by atoms with E-state index in [4.69, 9.17) is 10.8 Å². The second kappa shape index (κ2) is 6.89. The molecule has 78 valence electrons. The average Bonchev–Trinajstić information content (AvgIpc) is 2.11. The number of carboxylic acids is 1. The summed E-state index contributed by atoms with van der Waals surface area (Å²) in [6, 6.07) is 0. The molecule has 0 aromatic carbocycles. The number of rotatable bonds is 7. The Bertz CT molecular complexity index is 148. The van der Waals surface area contributed by atoms with Crippen LogP contribution in [0.25, 0.3) is 0 Å². The third kappa shape index (κ3) is 4.88. The highest BCUT2D eigenvalue weighted by Crippen LogP contribution is 2.20. The van der Waals surface area contributed by atoms with E-state index >= 15 is 0 Å². The molecule has 0 fully saturated rings. The summed E-state index contributed by atoms with van der Waals surface area (Å²) in [6.45, 7) is 4.49. The number of hydrogen-bond acceptors (Lipinski definition) is 2. The van der Waals surface area contributed by atoms with Crippen LogP contribution < -0.4 is 5.73 Å². The molecule has 0 aromatic rings. The zero-order chi connectivity index (χ0) is 10.3. The Morgan fingerprint density at radius 3 is 2.38 bits per heavy atom. The monoisotopic (exact) mass is 187 g/mol.